The molecule has 0 aliphatic heterocycles. The molecule has 0 saturated heterocycles. The van der Waals surface area contributed by atoms with Gasteiger partial charge in [0, 0.05) is 6.20 Å². The molecule has 1 amide bonds. The summed E-state index contributed by atoms with van der Waals surface area (Å²) >= 11 is 0. The van der Waals surface area contributed by atoms with E-state index in [1.54, 1.807) is 12.3 Å². The van der Waals surface area contributed by atoms with Crippen LogP contribution in [-0.4, -0.2) is 10.9 Å². The Morgan fingerprint density at radius 3 is 2.83 bits per heavy atom. The number of fused-ring (bicyclic) bond motifs is 1. The van der Waals surface area contributed by atoms with Gasteiger partial charge >= 0.3 is 0 Å². The summed E-state index contributed by atoms with van der Waals surface area (Å²) in [5, 5.41) is 3.05. The van der Waals surface area contributed by atoms with Crippen molar-refractivity contribution in [2.45, 2.75) is 18.9 Å². The molecule has 0 spiro atoms. The van der Waals surface area contributed by atoms with E-state index in [0.717, 1.165) is 12.8 Å². The van der Waals surface area contributed by atoms with Gasteiger partial charge in [0.15, 0.2) is 0 Å². The van der Waals surface area contributed by atoms with Gasteiger partial charge in [-0.25, -0.2) is 0 Å². The largest absolute Gasteiger partial charge is 0.344 e. The minimum Gasteiger partial charge on any atom is -0.344 e. The summed E-state index contributed by atoms with van der Waals surface area (Å²) in [7, 11) is 0. The van der Waals surface area contributed by atoms with Crippen molar-refractivity contribution in [1.29, 1.82) is 0 Å². The van der Waals surface area contributed by atoms with Gasteiger partial charge in [-0.3, -0.25) is 9.78 Å². The highest BCUT2D eigenvalue weighted by Crippen LogP contribution is 2.30. The monoisotopic (exact) mass is 238 g/mol. The Bertz CT molecular complexity index is 566. The molecule has 18 heavy (non-hydrogen) atoms. The molecule has 1 heterocycles. The van der Waals surface area contributed by atoms with Crippen molar-refractivity contribution >= 4 is 5.91 Å². The summed E-state index contributed by atoms with van der Waals surface area (Å²) in [5.74, 6) is -0.0997. The predicted octanol–water partition coefficient (Wildman–Crippen LogP) is 2.50. The van der Waals surface area contributed by atoms with E-state index in [-0.39, 0.29) is 11.9 Å². The molecule has 1 aliphatic rings. The number of carbonyl (C=O) groups is 1. The molecule has 0 bridgehead atoms. The molecule has 1 atom stereocenters. The van der Waals surface area contributed by atoms with Gasteiger partial charge in [0.05, 0.1) is 6.04 Å². The normalized spacial score (nSPS) is 17.2. The summed E-state index contributed by atoms with van der Waals surface area (Å²) in [6.45, 7) is 0. The SMILES string of the molecule is O=C(NC1CCc2ccccc21)c1ccccn1. The maximum atomic E-state index is 12.0. The van der Waals surface area contributed by atoms with Crippen molar-refractivity contribution in [1.82, 2.24) is 10.3 Å². The van der Waals surface area contributed by atoms with Crippen LogP contribution in [0.25, 0.3) is 0 Å². The lowest BCUT2D eigenvalue weighted by Gasteiger charge is -2.13. The lowest BCUT2D eigenvalue weighted by molar-refractivity contribution is 0.0931. The highest BCUT2D eigenvalue weighted by molar-refractivity contribution is 5.92. The van der Waals surface area contributed by atoms with Crippen LogP contribution in [0.2, 0.25) is 0 Å². The Balaban J connectivity index is 1.77. The van der Waals surface area contributed by atoms with Crippen LogP contribution in [0, 0.1) is 0 Å². The third kappa shape index (κ3) is 1.99. The molecule has 1 N–H and O–H groups in total. The molecule has 1 unspecified atom stereocenters. The van der Waals surface area contributed by atoms with Gasteiger partial charge in [0.25, 0.3) is 5.91 Å². The van der Waals surface area contributed by atoms with Crippen LogP contribution in [0.4, 0.5) is 0 Å². The van der Waals surface area contributed by atoms with Gasteiger partial charge in [-0.1, -0.05) is 30.3 Å². The number of aryl methyl sites for hydroxylation is 1. The van der Waals surface area contributed by atoms with Crippen molar-refractivity contribution in [3.63, 3.8) is 0 Å². The molecule has 3 rings (SSSR count). The van der Waals surface area contributed by atoms with Gasteiger partial charge in [0.2, 0.25) is 0 Å². The fraction of sp³-hybridized carbons (Fsp3) is 0.200. The second kappa shape index (κ2) is 4.61. The molecular weight excluding hydrogens is 224 g/mol. The van der Waals surface area contributed by atoms with E-state index in [9.17, 15) is 4.79 Å². The average Bonchev–Trinajstić information content (AvgIpc) is 2.83. The quantitative estimate of drug-likeness (QED) is 0.873. The van der Waals surface area contributed by atoms with Crippen LogP contribution in [0.1, 0.15) is 34.1 Å². The van der Waals surface area contributed by atoms with Crippen molar-refractivity contribution < 1.29 is 4.79 Å². The second-order valence-electron chi connectivity index (χ2n) is 4.48. The number of nitrogens with one attached hydrogen (secondary N) is 1. The second-order valence-corrected chi connectivity index (χ2v) is 4.48. The first-order chi connectivity index (χ1) is 8.84. The number of rotatable bonds is 2. The zero-order valence-electron chi connectivity index (χ0n) is 9.97. The molecule has 1 aromatic heterocycles. The number of nitrogens with zero attached hydrogens (tertiary/aromatic N) is 1. The molecule has 0 saturated carbocycles. The Morgan fingerprint density at radius 1 is 1.17 bits per heavy atom. The summed E-state index contributed by atoms with van der Waals surface area (Å²) in [4.78, 5) is 16.1. The van der Waals surface area contributed by atoms with Crippen LogP contribution in [0.3, 0.4) is 0 Å². The molecule has 1 aromatic carbocycles. The van der Waals surface area contributed by atoms with Gasteiger partial charge in [-0.05, 0) is 36.1 Å². The number of carbonyl (C=O) groups excluding carboxylic acids is 1. The van der Waals surface area contributed by atoms with E-state index in [0.29, 0.717) is 5.69 Å². The van der Waals surface area contributed by atoms with Crippen LogP contribution in [0.5, 0.6) is 0 Å². The predicted molar refractivity (Wildman–Crippen MR) is 69.2 cm³/mol. The van der Waals surface area contributed by atoms with E-state index < -0.39 is 0 Å². The molecule has 0 fully saturated rings. The molecule has 2 aromatic rings. The number of hydrogen-bond donors (Lipinski definition) is 1. The van der Waals surface area contributed by atoms with Crippen molar-refractivity contribution in [3.05, 3.63) is 65.5 Å². The minimum absolute atomic E-state index is 0.0997. The summed E-state index contributed by atoms with van der Waals surface area (Å²) in [5.41, 5.74) is 3.05. The summed E-state index contributed by atoms with van der Waals surface area (Å²) in [6, 6.07) is 13.8. The van der Waals surface area contributed by atoms with Crippen LogP contribution in [-0.2, 0) is 6.42 Å². The Hall–Kier alpha value is -2.16. The standard InChI is InChI=1S/C15H14N2O/c18-15(14-7-3-4-10-16-14)17-13-9-8-11-5-1-2-6-12(11)13/h1-7,10,13H,8-9H2,(H,17,18). The lowest BCUT2D eigenvalue weighted by atomic mass is 10.1. The van der Waals surface area contributed by atoms with E-state index >= 15 is 0 Å². The van der Waals surface area contributed by atoms with Crippen molar-refractivity contribution in [2.75, 3.05) is 0 Å². The Kier molecular flexibility index (Phi) is 2.81. The van der Waals surface area contributed by atoms with Crippen molar-refractivity contribution in [3.8, 4) is 0 Å². The number of benzene rings is 1. The smallest absolute Gasteiger partial charge is 0.270 e. The molecule has 0 radical (unpaired) electrons. The first kappa shape index (κ1) is 11.0. The van der Waals surface area contributed by atoms with Gasteiger partial charge < -0.3 is 5.32 Å². The van der Waals surface area contributed by atoms with E-state index in [2.05, 4.69) is 22.4 Å². The van der Waals surface area contributed by atoms with E-state index in [4.69, 9.17) is 0 Å². The van der Waals surface area contributed by atoms with Gasteiger partial charge in [-0.2, -0.15) is 0 Å². The minimum atomic E-state index is -0.0997. The molecule has 3 heteroatoms. The third-order valence-corrected chi connectivity index (χ3v) is 3.34. The summed E-state index contributed by atoms with van der Waals surface area (Å²) < 4.78 is 0. The Labute approximate surface area is 106 Å². The Morgan fingerprint density at radius 2 is 2.00 bits per heavy atom. The van der Waals surface area contributed by atoms with Gasteiger partial charge in [-0.15, -0.1) is 0 Å². The van der Waals surface area contributed by atoms with Crippen LogP contribution >= 0.6 is 0 Å². The number of aromatic nitrogens is 1. The van der Waals surface area contributed by atoms with Gasteiger partial charge in [0.1, 0.15) is 5.69 Å². The maximum Gasteiger partial charge on any atom is 0.270 e. The maximum absolute atomic E-state index is 12.0. The molecular formula is C15H14N2O. The van der Waals surface area contributed by atoms with Crippen LogP contribution < -0.4 is 5.32 Å². The first-order valence-electron chi connectivity index (χ1n) is 6.14. The molecule has 1 aliphatic carbocycles. The average molecular weight is 238 g/mol. The fourth-order valence-electron chi connectivity index (χ4n) is 2.44. The lowest BCUT2D eigenvalue weighted by Crippen LogP contribution is -2.27. The number of amides is 1. The van der Waals surface area contributed by atoms with Crippen molar-refractivity contribution in [2.24, 2.45) is 0 Å². The van der Waals surface area contributed by atoms with Crippen LogP contribution in [0.15, 0.2) is 48.7 Å². The van der Waals surface area contributed by atoms with E-state index in [1.807, 2.05) is 24.3 Å². The number of pyridine rings is 1. The molecule has 3 nitrogen and oxygen atoms in total. The third-order valence-electron chi connectivity index (χ3n) is 3.34. The molecule has 90 valence electrons. The highest BCUT2D eigenvalue weighted by atomic mass is 16.1. The number of hydrogen-bond acceptors (Lipinski definition) is 2. The first-order valence-corrected chi connectivity index (χ1v) is 6.14. The topological polar surface area (TPSA) is 42.0 Å². The highest BCUT2D eigenvalue weighted by Gasteiger charge is 2.23. The van der Waals surface area contributed by atoms with E-state index in [1.165, 1.54) is 11.1 Å². The zero-order valence-corrected chi connectivity index (χ0v) is 9.97. The zero-order chi connectivity index (χ0) is 12.4. The summed E-state index contributed by atoms with van der Waals surface area (Å²) in [6.07, 6.45) is 3.64. The fourth-order valence-corrected chi connectivity index (χ4v) is 2.44.